The molecule has 0 fully saturated rings. The SMILES string of the molecule is BF.CC(=O)OC(C)=O.[B]F. The highest BCUT2D eigenvalue weighted by atomic mass is 19.1. The maximum Gasteiger partial charge on any atom is 0.350 e. The van der Waals surface area contributed by atoms with Crippen molar-refractivity contribution in [3.05, 3.63) is 0 Å². The van der Waals surface area contributed by atoms with E-state index in [-0.39, 0.29) is 0 Å². The summed E-state index contributed by atoms with van der Waals surface area (Å²) in [5.41, 5.74) is 0. The number of rotatable bonds is 0. The molecule has 0 amide bonds. The lowest BCUT2D eigenvalue weighted by Crippen LogP contribution is -2.03. The van der Waals surface area contributed by atoms with Crippen molar-refractivity contribution in [2.75, 3.05) is 0 Å². The second kappa shape index (κ2) is 16.1. The molecule has 0 heterocycles. The summed E-state index contributed by atoms with van der Waals surface area (Å²) >= 11 is 0. The van der Waals surface area contributed by atoms with Gasteiger partial charge in [-0.3, -0.25) is 9.59 Å². The number of ether oxygens (including phenoxy) is 1. The van der Waals surface area contributed by atoms with Gasteiger partial charge in [0.05, 0.1) is 0 Å². The number of esters is 2. The average Bonchev–Trinajstić information content (AvgIpc) is 1.93. The minimum absolute atomic E-state index is 0.500. The van der Waals surface area contributed by atoms with Crippen LogP contribution < -0.4 is 0 Å². The van der Waals surface area contributed by atoms with Gasteiger partial charge < -0.3 is 13.4 Å². The molecule has 0 atom stereocenters. The van der Waals surface area contributed by atoms with Gasteiger partial charge in [0.1, 0.15) is 0 Å². The lowest BCUT2D eigenvalue weighted by molar-refractivity contribution is -0.156. The molecule has 62 valence electrons. The molecule has 0 spiro atoms. The third kappa shape index (κ3) is 47.4. The topological polar surface area (TPSA) is 43.4 Å². The van der Waals surface area contributed by atoms with Crippen LogP contribution >= 0.6 is 0 Å². The predicted molar refractivity (Wildman–Crippen MR) is 39.0 cm³/mol. The van der Waals surface area contributed by atoms with Crippen LogP contribution in [0.3, 0.4) is 0 Å². The summed E-state index contributed by atoms with van der Waals surface area (Å²) in [6.45, 7) is 2.36. The van der Waals surface area contributed by atoms with Crippen molar-refractivity contribution in [2.24, 2.45) is 0 Å². The minimum atomic E-state index is -0.562. The highest BCUT2D eigenvalue weighted by Crippen LogP contribution is 1.73. The smallest absolute Gasteiger partial charge is 0.350 e. The largest absolute Gasteiger partial charge is 0.394 e. The van der Waals surface area contributed by atoms with Gasteiger partial charge in [-0.15, -0.1) is 0 Å². The zero-order valence-electron chi connectivity index (χ0n) is 6.56. The molecule has 0 aliphatic carbocycles. The Labute approximate surface area is 66.0 Å². The van der Waals surface area contributed by atoms with Crippen molar-refractivity contribution in [3.63, 3.8) is 0 Å². The summed E-state index contributed by atoms with van der Waals surface area (Å²) < 4.78 is 22.5. The Hall–Kier alpha value is -0.870. The zero-order chi connectivity index (χ0) is 9.86. The summed E-state index contributed by atoms with van der Waals surface area (Å²) in [4.78, 5) is 19.6. The molecule has 0 aliphatic heterocycles. The maximum atomic E-state index is 9.81. The standard InChI is InChI=1S/C4H6O3.BFH2.BF/c1-3(5)7-4(2)6;2*1-2/h1-2H3;1H2;. The van der Waals surface area contributed by atoms with Gasteiger partial charge in [-0.05, 0) is 0 Å². The van der Waals surface area contributed by atoms with Crippen LogP contribution in [0.1, 0.15) is 13.8 Å². The molecule has 0 aromatic rings. The van der Waals surface area contributed by atoms with Gasteiger partial charge >= 0.3 is 28.2 Å². The first-order valence-corrected chi connectivity index (χ1v) is 2.41. The van der Waals surface area contributed by atoms with Crippen LogP contribution in [0, 0.1) is 0 Å². The van der Waals surface area contributed by atoms with E-state index < -0.39 is 11.9 Å². The first-order valence-electron chi connectivity index (χ1n) is 2.41. The summed E-state index contributed by atoms with van der Waals surface area (Å²) in [5.74, 6) is -1.12. The summed E-state index contributed by atoms with van der Waals surface area (Å²) in [6, 6.07) is 0. The van der Waals surface area contributed by atoms with Crippen LogP contribution in [0.25, 0.3) is 0 Å². The maximum absolute atomic E-state index is 9.81. The second-order valence-electron chi connectivity index (χ2n) is 1.09. The number of carbonyl (C=O) groups excluding carboxylic acids is 2. The van der Waals surface area contributed by atoms with Gasteiger partial charge in [0, 0.05) is 13.8 Å². The average molecular weight is 164 g/mol. The Morgan fingerprint density at radius 1 is 1.18 bits per heavy atom. The van der Waals surface area contributed by atoms with Crippen molar-refractivity contribution in [1.82, 2.24) is 0 Å². The Morgan fingerprint density at radius 3 is 1.36 bits per heavy atom. The molecule has 0 aromatic carbocycles. The van der Waals surface area contributed by atoms with E-state index in [4.69, 9.17) is 4.32 Å². The van der Waals surface area contributed by atoms with Crippen molar-refractivity contribution in [1.29, 1.82) is 0 Å². The fourth-order valence-corrected chi connectivity index (χ4v) is 0.202. The molecule has 3 nitrogen and oxygen atoms in total. The Kier molecular flexibility index (Phi) is 24.2. The summed E-state index contributed by atoms with van der Waals surface area (Å²) in [7, 11) is 3.50. The summed E-state index contributed by atoms with van der Waals surface area (Å²) in [6.07, 6.45) is 0. The fourth-order valence-electron chi connectivity index (χ4n) is 0.202. The van der Waals surface area contributed by atoms with Gasteiger partial charge in [0.2, 0.25) is 0 Å². The zero-order valence-corrected chi connectivity index (χ0v) is 6.56. The number of halogens is 2. The van der Waals surface area contributed by atoms with Gasteiger partial charge in [-0.2, -0.15) is 0 Å². The monoisotopic (exact) mass is 164 g/mol. The minimum Gasteiger partial charge on any atom is -0.394 e. The van der Waals surface area contributed by atoms with E-state index in [9.17, 15) is 13.9 Å². The third-order valence-corrected chi connectivity index (χ3v) is 0.287. The van der Waals surface area contributed by atoms with E-state index in [0.29, 0.717) is 8.12 Å². The number of hydrogen-bond acceptors (Lipinski definition) is 3. The molecule has 0 unspecified atom stereocenters. The summed E-state index contributed by atoms with van der Waals surface area (Å²) in [5, 5.41) is 0. The Morgan fingerprint density at radius 2 is 1.36 bits per heavy atom. The molecule has 0 rings (SSSR count). The van der Waals surface area contributed by atoms with E-state index in [0.717, 1.165) is 0 Å². The van der Waals surface area contributed by atoms with Gasteiger partial charge in [-0.1, -0.05) is 0 Å². The molecule has 0 aliphatic rings. The van der Waals surface area contributed by atoms with E-state index in [1.807, 2.05) is 0 Å². The molecular weight excluding hydrogens is 156 g/mol. The molecular formula is C4H8B2F2O3. The highest BCUT2D eigenvalue weighted by Gasteiger charge is 1.93. The van der Waals surface area contributed by atoms with Crippen molar-refractivity contribution in [2.45, 2.75) is 13.8 Å². The predicted octanol–water partition coefficient (Wildman–Crippen LogP) is -0.361. The van der Waals surface area contributed by atoms with Crippen LogP contribution in [0.4, 0.5) is 8.63 Å². The molecule has 0 saturated heterocycles. The number of hydrogen-bond donors (Lipinski definition) is 0. The van der Waals surface area contributed by atoms with Crippen LogP contribution in [0.2, 0.25) is 0 Å². The van der Waals surface area contributed by atoms with Crippen LogP contribution in [-0.4, -0.2) is 28.2 Å². The van der Waals surface area contributed by atoms with Gasteiger partial charge in [0.15, 0.2) is 0 Å². The quantitative estimate of drug-likeness (QED) is 0.278. The van der Waals surface area contributed by atoms with E-state index in [1.54, 1.807) is 0 Å². The lowest BCUT2D eigenvalue weighted by atomic mass is 10.7. The normalized spacial score (nSPS) is 5.82. The number of carbonyl (C=O) groups is 2. The fraction of sp³-hybridized carbons (Fsp3) is 0.500. The van der Waals surface area contributed by atoms with E-state index >= 15 is 0 Å². The van der Waals surface area contributed by atoms with Gasteiger partial charge in [0.25, 0.3) is 0 Å². The van der Waals surface area contributed by atoms with Crippen molar-refractivity contribution in [3.8, 4) is 0 Å². The first-order chi connectivity index (χ1) is 5.13. The van der Waals surface area contributed by atoms with Gasteiger partial charge in [-0.25, -0.2) is 0 Å². The van der Waals surface area contributed by atoms with Crippen molar-refractivity contribution >= 4 is 28.2 Å². The van der Waals surface area contributed by atoms with Crippen LogP contribution in [0.5, 0.6) is 0 Å². The molecule has 7 heteroatoms. The molecule has 0 aromatic heterocycles. The van der Waals surface area contributed by atoms with Crippen LogP contribution in [0.15, 0.2) is 0 Å². The van der Waals surface area contributed by atoms with Crippen molar-refractivity contribution < 1.29 is 23.0 Å². The first kappa shape index (κ1) is 16.6. The highest BCUT2D eigenvalue weighted by molar-refractivity contribution is 5.96. The third-order valence-electron chi connectivity index (χ3n) is 0.287. The Bertz CT molecular complexity index is 97.5. The molecule has 0 saturated carbocycles. The molecule has 2 radical (unpaired) electrons. The van der Waals surface area contributed by atoms with Crippen LogP contribution in [-0.2, 0) is 14.3 Å². The molecule has 0 N–H and O–H groups in total. The Balaban J connectivity index is -0.000000138. The second-order valence-corrected chi connectivity index (χ2v) is 1.09. The van der Waals surface area contributed by atoms with E-state index in [2.05, 4.69) is 12.9 Å². The molecule has 0 bridgehead atoms. The van der Waals surface area contributed by atoms with E-state index in [1.165, 1.54) is 13.8 Å². The lowest BCUT2D eigenvalue weighted by Gasteiger charge is -1.87. The molecule has 11 heavy (non-hydrogen) atoms.